The maximum absolute atomic E-state index is 13.9. The Hall–Kier alpha value is -1.37. The van der Waals surface area contributed by atoms with E-state index in [2.05, 4.69) is 15.9 Å². The molecule has 2 N–H and O–H groups in total. The summed E-state index contributed by atoms with van der Waals surface area (Å²) in [5, 5.41) is 2.67. The fraction of sp³-hybridized carbons (Fsp3) is 0.0667. The summed E-state index contributed by atoms with van der Waals surface area (Å²) < 4.78 is 42.1. The van der Waals surface area contributed by atoms with Crippen LogP contribution in [0.5, 0.6) is 0 Å². The molecule has 0 aliphatic carbocycles. The third kappa shape index (κ3) is 2.37. The minimum absolute atomic E-state index is 0.0615. The highest BCUT2D eigenvalue weighted by molar-refractivity contribution is 9.10. The molecular formula is C15H9BrF3NS. The Morgan fingerprint density at radius 1 is 1.00 bits per heavy atom. The summed E-state index contributed by atoms with van der Waals surface area (Å²) in [6.45, 7) is 0. The summed E-state index contributed by atoms with van der Waals surface area (Å²) >= 11 is 4.90. The highest BCUT2D eigenvalue weighted by Crippen LogP contribution is 2.37. The molecule has 0 aliphatic rings. The molecule has 3 aromatic rings. The zero-order valence-electron chi connectivity index (χ0n) is 10.5. The standard InChI is InChI=1S/C15H9BrF3NS/c16-10-3-1-2-7-9(6-21-15(7)10)14(20)8-4-5-11(17)13(19)12(8)18/h1-6,14H,20H2. The zero-order chi connectivity index (χ0) is 15.1. The van der Waals surface area contributed by atoms with Gasteiger partial charge in [-0.25, -0.2) is 13.2 Å². The first-order valence-electron chi connectivity index (χ1n) is 6.05. The van der Waals surface area contributed by atoms with Crippen molar-refractivity contribution in [3.05, 3.63) is 68.8 Å². The van der Waals surface area contributed by atoms with E-state index in [9.17, 15) is 13.2 Å². The Kier molecular flexibility index (Phi) is 3.77. The molecule has 1 atom stereocenters. The third-order valence-corrected chi connectivity index (χ3v) is 5.29. The molecule has 21 heavy (non-hydrogen) atoms. The van der Waals surface area contributed by atoms with Crippen molar-refractivity contribution in [1.82, 2.24) is 0 Å². The van der Waals surface area contributed by atoms with Gasteiger partial charge in [0, 0.05) is 14.7 Å². The first-order valence-corrected chi connectivity index (χ1v) is 7.72. The van der Waals surface area contributed by atoms with E-state index < -0.39 is 23.5 Å². The molecule has 1 nitrogen and oxygen atoms in total. The molecule has 0 saturated heterocycles. The van der Waals surface area contributed by atoms with E-state index in [0.29, 0.717) is 5.56 Å². The zero-order valence-corrected chi connectivity index (χ0v) is 12.9. The van der Waals surface area contributed by atoms with Crippen molar-refractivity contribution in [3.63, 3.8) is 0 Å². The summed E-state index contributed by atoms with van der Waals surface area (Å²) in [6.07, 6.45) is 0. The Balaban J connectivity index is 2.15. The van der Waals surface area contributed by atoms with Gasteiger partial charge in [-0.15, -0.1) is 11.3 Å². The smallest absolute Gasteiger partial charge is 0.194 e. The molecule has 1 aromatic heterocycles. The molecule has 0 amide bonds. The van der Waals surface area contributed by atoms with Crippen LogP contribution >= 0.6 is 27.3 Å². The van der Waals surface area contributed by atoms with Gasteiger partial charge in [0.25, 0.3) is 0 Å². The van der Waals surface area contributed by atoms with Crippen LogP contribution in [0, 0.1) is 17.5 Å². The third-order valence-electron chi connectivity index (χ3n) is 3.32. The van der Waals surface area contributed by atoms with Crippen molar-refractivity contribution in [1.29, 1.82) is 0 Å². The number of thiophene rings is 1. The second-order valence-electron chi connectivity index (χ2n) is 4.55. The Labute approximate surface area is 131 Å². The fourth-order valence-electron chi connectivity index (χ4n) is 2.23. The van der Waals surface area contributed by atoms with E-state index in [1.807, 2.05) is 18.2 Å². The molecule has 0 aliphatic heterocycles. The quantitative estimate of drug-likeness (QED) is 0.621. The molecular weight excluding hydrogens is 363 g/mol. The highest BCUT2D eigenvalue weighted by Gasteiger charge is 2.21. The van der Waals surface area contributed by atoms with Gasteiger partial charge in [0.05, 0.1) is 6.04 Å². The van der Waals surface area contributed by atoms with Crippen LogP contribution in [-0.2, 0) is 0 Å². The SMILES string of the molecule is NC(c1ccc(F)c(F)c1F)c1csc2c(Br)cccc12. The predicted octanol–water partition coefficient (Wildman–Crippen LogP) is 5.13. The first kappa shape index (κ1) is 14.6. The number of fused-ring (bicyclic) bond motifs is 1. The summed E-state index contributed by atoms with van der Waals surface area (Å²) in [6, 6.07) is 6.81. The van der Waals surface area contributed by atoms with Crippen molar-refractivity contribution >= 4 is 37.4 Å². The lowest BCUT2D eigenvalue weighted by Crippen LogP contribution is -2.14. The maximum atomic E-state index is 13.9. The molecule has 6 heteroatoms. The summed E-state index contributed by atoms with van der Waals surface area (Å²) in [4.78, 5) is 0. The lowest BCUT2D eigenvalue weighted by atomic mass is 9.98. The van der Waals surface area contributed by atoms with Crippen LogP contribution in [0.1, 0.15) is 17.2 Å². The number of hydrogen-bond acceptors (Lipinski definition) is 2. The highest BCUT2D eigenvalue weighted by atomic mass is 79.9. The largest absolute Gasteiger partial charge is 0.320 e. The number of hydrogen-bond donors (Lipinski definition) is 1. The molecule has 0 spiro atoms. The van der Waals surface area contributed by atoms with Crippen LogP contribution in [0.25, 0.3) is 10.1 Å². The monoisotopic (exact) mass is 371 g/mol. The van der Waals surface area contributed by atoms with Crippen LogP contribution in [0.15, 0.2) is 40.2 Å². The minimum atomic E-state index is -1.50. The predicted molar refractivity (Wildman–Crippen MR) is 81.9 cm³/mol. The van der Waals surface area contributed by atoms with Gasteiger partial charge >= 0.3 is 0 Å². The Morgan fingerprint density at radius 3 is 2.52 bits per heavy atom. The number of benzene rings is 2. The van der Waals surface area contributed by atoms with Crippen LogP contribution in [0.3, 0.4) is 0 Å². The molecule has 0 bridgehead atoms. The number of halogens is 4. The average Bonchev–Trinajstić information content (AvgIpc) is 2.90. The van der Waals surface area contributed by atoms with Crippen molar-refractivity contribution < 1.29 is 13.2 Å². The van der Waals surface area contributed by atoms with E-state index in [0.717, 1.165) is 20.6 Å². The average molecular weight is 372 g/mol. The van der Waals surface area contributed by atoms with Crippen LogP contribution in [0.4, 0.5) is 13.2 Å². The van der Waals surface area contributed by atoms with Gasteiger partial charge in [-0.05, 0) is 44.4 Å². The molecule has 0 fully saturated rings. The van der Waals surface area contributed by atoms with Crippen LogP contribution < -0.4 is 5.73 Å². The van der Waals surface area contributed by atoms with Gasteiger partial charge in [-0.3, -0.25) is 0 Å². The molecule has 1 heterocycles. The van der Waals surface area contributed by atoms with E-state index in [-0.39, 0.29) is 5.56 Å². The van der Waals surface area contributed by atoms with E-state index in [4.69, 9.17) is 5.73 Å². The lowest BCUT2D eigenvalue weighted by molar-refractivity contribution is 0.438. The van der Waals surface area contributed by atoms with Crippen molar-refractivity contribution in [2.75, 3.05) is 0 Å². The van der Waals surface area contributed by atoms with Crippen LogP contribution in [-0.4, -0.2) is 0 Å². The first-order chi connectivity index (χ1) is 10.0. The fourth-order valence-corrected chi connectivity index (χ4v) is 3.89. The van der Waals surface area contributed by atoms with Gasteiger partial charge < -0.3 is 5.73 Å². The normalized spacial score (nSPS) is 12.8. The Bertz CT molecular complexity index is 831. The van der Waals surface area contributed by atoms with Gasteiger partial charge in [0.2, 0.25) is 0 Å². The van der Waals surface area contributed by atoms with Crippen molar-refractivity contribution in [3.8, 4) is 0 Å². The topological polar surface area (TPSA) is 26.0 Å². The van der Waals surface area contributed by atoms with E-state index in [1.54, 1.807) is 5.38 Å². The molecule has 0 radical (unpaired) electrons. The van der Waals surface area contributed by atoms with Crippen molar-refractivity contribution in [2.45, 2.75) is 6.04 Å². The molecule has 108 valence electrons. The van der Waals surface area contributed by atoms with Gasteiger partial charge in [0.15, 0.2) is 17.5 Å². The molecule has 3 rings (SSSR count). The van der Waals surface area contributed by atoms with Crippen molar-refractivity contribution in [2.24, 2.45) is 5.73 Å². The molecule has 1 unspecified atom stereocenters. The van der Waals surface area contributed by atoms with E-state index in [1.165, 1.54) is 17.4 Å². The number of nitrogens with two attached hydrogens (primary N) is 1. The van der Waals surface area contributed by atoms with E-state index >= 15 is 0 Å². The molecule has 0 saturated carbocycles. The summed E-state index contributed by atoms with van der Waals surface area (Å²) in [5.74, 6) is -3.96. The minimum Gasteiger partial charge on any atom is -0.320 e. The second-order valence-corrected chi connectivity index (χ2v) is 6.28. The molecule has 2 aromatic carbocycles. The van der Waals surface area contributed by atoms with Gasteiger partial charge in [0.1, 0.15) is 0 Å². The Morgan fingerprint density at radius 2 is 1.76 bits per heavy atom. The van der Waals surface area contributed by atoms with Gasteiger partial charge in [-0.1, -0.05) is 18.2 Å². The number of rotatable bonds is 2. The second kappa shape index (κ2) is 5.44. The summed E-state index contributed by atoms with van der Waals surface area (Å²) in [7, 11) is 0. The summed E-state index contributed by atoms with van der Waals surface area (Å²) in [5.41, 5.74) is 6.68. The lowest BCUT2D eigenvalue weighted by Gasteiger charge is -2.13. The van der Waals surface area contributed by atoms with Gasteiger partial charge in [-0.2, -0.15) is 0 Å². The maximum Gasteiger partial charge on any atom is 0.194 e. The van der Waals surface area contributed by atoms with Crippen LogP contribution in [0.2, 0.25) is 0 Å².